The highest BCUT2D eigenvalue weighted by Crippen LogP contribution is 2.39. The fourth-order valence-electron chi connectivity index (χ4n) is 3.48. The zero-order valence-corrected chi connectivity index (χ0v) is 12.4. The van der Waals surface area contributed by atoms with Gasteiger partial charge in [0.1, 0.15) is 0 Å². The molecule has 0 aromatic carbocycles. The predicted octanol–water partition coefficient (Wildman–Crippen LogP) is 3.21. The van der Waals surface area contributed by atoms with Crippen molar-refractivity contribution in [2.45, 2.75) is 69.6 Å². The first-order chi connectivity index (χ1) is 8.80. The average molecular weight is 269 g/mol. The molecule has 2 heterocycles. The highest BCUT2D eigenvalue weighted by Gasteiger charge is 2.40. The van der Waals surface area contributed by atoms with Crippen molar-refractivity contribution in [3.63, 3.8) is 0 Å². The van der Waals surface area contributed by atoms with Crippen molar-refractivity contribution in [1.82, 2.24) is 5.32 Å². The summed E-state index contributed by atoms with van der Waals surface area (Å²) >= 11 is 2.07. The van der Waals surface area contributed by atoms with Gasteiger partial charge in [-0.1, -0.05) is 19.8 Å². The van der Waals surface area contributed by atoms with Crippen molar-refractivity contribution in [2.24, 2.45) is 5.92 Å². The molecule has 3 fully saturated rings. The van der Waals surface area contributed by atoms with E-state index in [9.17, 15) is 0 Å². The van der Waals surface area contributed by atoms with Gasteiger partial charge in [0.25, 0.3) is 0 Å². The third kappa shape index (κ3) is 3.23. The standard InChI is InChI=1S/C15H27NOS/c1-2-13(9-12-3-4-12)16-14-5-7-17-15(10-14)6-8-18-11-15/h12-14,16H,2-11H2,1H3. The fourth-order valence-corrected chi connectivity index (χ4v) is 4.85. The van der Waals surface area contributed by atoms with Gasteiger partial charge in [0.15, 0.2) is 0 Å². The van der Waals surface area contributed by atoms with Gasteiger partial charge in [0.05, 0.1) is 5.60 Å². The average Bonchev–Trinajstić information content (AvgIpc) is 3.09. The van der Waals surface area contributed by atoms with Gasteiger partial charge in [-0.25, -0.2) is 0 Å². The zero-order chi connectivity index (χ0) is 12.4. The molecule has 104 valence electrons. The second-order valence-electron chi connectivity index (χ2n) is 6.47. The Balaban J connectivity index is 1.51. The topological polar surface area (TPSA) is 21.3 Å². The monoisotopic (exact) mass is 269 g/mol. The third-order valence-electron chi connectivity index (χ3n) is 4.84. The molecular formula is C15H27NOS. The van der Waals surface area contributed by atoms with Crippen LogP contribution in [0, 0.1) is 5.92 Å². The second kappa shape index (κ2) is 5.72. The van der Waals surface area contributed by atoms with Crippen LogP contribution in [-0.2, 0) is 4.74 Å². The maximum Gasteiger partial charge on any atom is 0.0795 e. The Hall–Kier alpha value is 0.270. The van der Waals surface area contributed by atoms with Gasteiger partial charge in [-0.05, 0) is 43.8 Å². The quantitative estimate of drug-likeness (QED) is 0.828. The molecule has 1 saturated carbocycles. The van der Waals surface area contributed by atoms with E-state index in [1.165, 1.54) is 56.5 Å². The maximum atomic E-state index is 6.10. The number of hydrogen-bond acceptors (Lipinski definition) is 3. The second-order valence-corrected chi connectivity index (χ2v) is 7.58. The molecule has 3 heteroatoms. The Labute approximate surface area is 116 Å². The molecule has 0 radical (unpaired) electrons. The Morgan fingerprint density at radius 1 is 1.39 bits per heavy atom. The minimum Gasteiger partial charge on any atom is -0.374 e. The van der Waals surface area contributed by atoms with Gasteiger partial charge in [-0.2, -0.15) is 11.8 Å². The van der Waals surface area contributed by atoms with Crippen LogP contribution in [0.5, 0.6) is 0 Å². The molecule has 0 aromatic heterocycles. The molecule has 1 N–H and O–H groups in total. The van der Waals surface area contributed by atoms with Gasteiger partial charge in [0, 0.05) is 24.4 Å². The van der Waals surface area contributed by atoms with Crippen LogP contribution in [0.15, 0.2) is 0 Å². The van der Waals surface area contributed by atoms with Crippen LogP contribution >= 0.6 is 11.8 Å². The third-order valence-corrected chi connectivity index (χ3v) is 6.06. The molecule has 2 saturated heterocycles. The van der Waals surface area contributed by atoms with E-state index in [4.69, 9.17) is 4.74 Å². The van der Waals surface area contributed by atoms with E-state index < -0.39 is 0 Å². The van der Waals surface area contributed by atoms with E-state index >= 15 is 0 Å². The molecule has 1 spiro atoms. The van der Waals surface area contributed by atoms with Crippen molar-refractivity contribution in [3.05, 3.63) is 0 Å². The van der Waals surface area contributed by atoms with Crippen LogP contribution in [0.4, 0.5) is 0 Å². The molecule has 1 aliphatic carbocycles. The predicted molar refractivity (Wildman–Crippen MR) is 78.2 cm³/mol. The molecule has 2 aliphatic heterocycles. The van der Waals surface area contributed by atoms with E-state index in [2.05, 4.69) is 24.0 Å². The summed E-state index contributed by atoms with van der Waals surface area (Å²) in [6, 6.07) is 1.47. The number of hydrogen-bond donors (Lipinski definition) is 1. The molecule has 0 bridgehead atoms. The summed E-state index contributed by atoms with van der Waals surface area (Å²) in [7, 11) is 0. The highest BCUT2D eigenvalue weighted by molar-refractivity contribution is 7.99. The Bertz CT molecular complexity index is 274. The van der Waals surface area contributed by atoms with Crippen molar-refractivity contribution in [1.29, 1.82) is 0 Å². The molecule has 2 nitrogen and oxygen atoms in total. The van der Waals surface area contributed by atoms with Crippen LogP contribution < -0.4 is 5.32 Å². The SMILES string of the molecule is CCC(CC1CC1)NC1CCOC2(CCSC2)C1. The van der Waals surface area contributed by atoms with E-state index in [0.717, 1.165) is 18.6 Å². The smallest absolute Gasteiger partial charge is 0.0795 e. The number of nitrogens with one attached hydrogen (secondary N) is 1. The van der Waals surface area contributed by atoms with Crippen molar-refractivity contribution in [2.75, 3.05) is 18.1 Å². The summed E-state index contributed by atoms with van der Waals surface area (Å²) in [6.45, 7) is 3.30. The zero-order valence-electron chi connectivity index (χ0n) is 11.6. The first-order valence-electron chi connectivity index (χ1n) is 7.77. The number of thioether (sulfide) groups is 1. The Morgan fingerprint density at radius 3 is 2.94 bits per heavy atom. The lowest BCUT2D eigenvalue weighted by Gasteiger charge is -2.39. The van der Waals surface area contributed by atoms with Crippen LogP contribution in [-0.4, -0.2) is 35.8 Å². The van der Waals surface area contributed by atoms with E-state index in [-0.39, 0.29) is 5.60 Å². The molecular weight excluding hydrogens is 242 g/mol. The first-order valence-corrected chi connectivity index (χ1v) is 8.93. The molecule has 3 unspecified atom stereocenters. The molecule has 3 rings (SSSR count). The van der Waals surface area contributed by atoms with E-state index in [1.54, 1.807) is 0 Å². The lowest BCUT2D eigenvalue weighted by atomic mass is 9.89. The summed E-state index contributed by atoms with van der Waals surface area (Å²) in [5, 5.41) is 3.94. The summed E-state index contributed by atoms with van der Waals surface area (Å²) < 4.78 is 6.10. The molecule has 0 aromatic rings. The van der Waals surface area contributed by atoms with Crippen molar-refractivity contribution in [3.8, 4) is 0 Å². The largest absolute Gasteiger partial charge is 0.374 e. The van der Waals surface area contributed by atoms with E-state index in [1.807, 2.05) is 0 Å². The van der Waals surface area contributed by atoms with Crippen LogP contribution in [0.25, 0.3) is 0 Å². The molecule has 18 heavy (non-hydrogen) atoms. The van der Waals surface area contributed by atoms with Crippen LogP contribution in [0.3, 0.4) is 0 Å². The maximum absolute atomic E-state index is 6.10. The van der Waals surface area contributed by atoms with Crippen molar-refractivity contribution >= 4 is 11.8 Å². The lowest BCUT2D eigenvalue weighted by Crippen LogP contribution is -2.49. The normalized spacial score (nSPS) is 38.2. The van der Waals surface area contributed by atoms with Gasteiger partial charge in [0.2, 0.25) is 0 Å². The molecule has 3 aliphatic rings. The summed E-state index contributed by atoms with van der Waals surface area (Å²) in [5.41, 5.74) is 0.235. The van der Waals surface area contributed by atoms with Crippen LogP contribution in [0.2, 0.25) is 0 Å². The highest BCUT2D eigenvalue weighted by atomic mass is 32.2. The van der Waals surface area contributed by atoms with Gasteiger partial charge >= 0.3 is 0 Å². The number of ether oxygens (including phenoxy) is 1. The van der Waals surface area contributed by atoms with E-state index in [0.29, 0.717) is 6.04 Å². The first kappa shape index (κ1) is 13.3. The summed E-state index contributed by atoms with van der Waals surface area (Å²) in [6.07, 6.45) is 9.40. The van der Waals surface area contributed by atoms with Gasteiger partial charge in [-0.15, -0.1) is 0 Å². The minimum atomic E-state index is 0.235. The van der Waals surface area contributed by atoms with Gasteiger partial charge < -0.3 is 10.1 Å². The summed E-state index contributed by atoms with van der Waals surface area (Å²) in [4.78, 5) is 0. The summed E-state index contributed by atoms with van der Waals surface area (Å²) in [5.74, 6) is 3.56. The lowest BCUT2D eigenvalue weighted by molar-refractivity contribution is -0.0715. The Kier molecular flexibility index (Phi) is 4.21. The number of rotatable bonds is 5. The Morgan fingerprint density at radius 2 is 2.28 bits per heavy atom. The minimum absolute atomic E-state index is 0.235. The van der Waals surface area contributed by atoms with Crippen molar-refractivity contribution < 1.29 is 4.74 Å². The van der Waals surface area contributed by atoms with Gasteiger partial charge in [-0.3, -0.25) is 0 Å². The molecule has 3 atom stereocenters. The molecule has 0 amide bonds. The fraction of sp³-hybridized carbons (Fsp3) is 1.00. The van der Waals surface area contributed by atoms with Crippen LogP contribution in [0.1, 0.15) is 51.9 Å².